The largest absolute Gasteiger partial charge is 0.497 e. The van der Waals surface area contributed by atoms with Gasteiger partial charge in [-0.05, 0) is 48.9 Å². The predicted molar refractivity (Wildman–Crippen MR) is 142 cm³/mol. The van der Waals surface area contributed by atoms with E-state index >= 15 is 0 Å². The summed E-state index contributed by atoms with van der Waals surface area (Å²) >= 11 is 0. The number of ether oxygens (including phenoxy) is 1. The number of H-pyrrole nitrogens is 1. The molecular weight excluding hydrogens is 470 g/mol. The maximum absolute atomic E-state index is 12.9. The summed E-state index contributed by atoms with van der Waals surface area (Å²) in [5.41, 5.74) is 3.89. The van der Waals surface area contributed by atoms with Crippen LogP contribution in [-0.2, 0) is 6.54 Å². The number of rotatable bonds is 9. The number of nitrogens with zero attached hydrogens (tertiary/aromatic N) is 4. The number of aliphatic hydroxyl groups is 1. The molecule has 1 atom stereocenters. The number of aromatic nitrogens is 5. The highest BCUT2D eigenvalue weighted by Crippen LogP contribution is 2.25. The molecule has 37 heavy (non-hydrogen) atoms. The van der Waals surface area contributed by atoms with Crippen LogP contribution in [-0.4, -0.2) is 55.5 Å². The van der Waals surface area contributed by atoms with Gasteiger partial charge in [0, 0.05) is 18.3 Å². The Morgan fingerprint density at radius 3 is 2.62 bits per heavy atom. The van der Waals surface area contributed by atoms with Crippen LogP contribution in [0, 0.1) is 0 Å². The Bertz CT molecular complexity index is 1470. The second-order valence-electron chi connectivity index (χ2n) is 8.64. The topological polar surface area (TPSA) is 130 Å². The molecule has 0 saturated carbocycles. The van der Waals surface area contributed by atoms with Gasteiger partial charge in [-0.1, -0.05) is 24.3 Å². The number of nitrogens with one attached hydrogen (secondary N) is 3. The van der Waals surface area contributed by atoms with E-state index in [0.29, 0.717) is 29.6 Å². The molecule has 3 aromatic heterocycles. The van der Waals surface area contributed by atoms with Gasteiger partial charge in [0.2, 0.25) is 0 Å². The van der Waals surface area contributed by atoms with Gasteiger partial charge in [0.25, 0.3) is 5.91 Å². The van der Waals surface area contributed by atoms with E-state index in [1.165, 1.54) is 6.20 Å². The third-order valence-electron chi connectivity index (χ3n) is 5.84. The van der Waals surface area contributed by atoms with Gasteiger partial charge in [-0.15, -0.1) is 0 Å². The third kappa shape index (κ3) is 5.44. The zero-order valence-electron chi connectivity index (χ0n) is 20.5. The van der Waals surface area contributed by atoms with Crippen LogP contribution in [0.25, 0.3) is 22.6 Å². The zero-order valence-corrected chi connectivity index (χ0v) is 20.5. The molecule has 0 aliphatic rings. The lowest BCUT2D eigenvalue weighted by molar-refractivity contribution is 0.102. The number of benzene rings is 2. The van der Waals surface area contributed by atoms with Crippen molar-refractivity contribution in [1.82, 2.24) is 24.7 Å². The number of aromatic amines is 1. The van der Waals surface area contributed by atoms with E-state index in [0.717, 1.165) is 28.0 Å². The number of amides is 1. The first-order valence-electron chi connectivity index (χ1n) is 11.8. The SMILES string of the molecule is COc1ccc(Cn2nc(NC(=O)c3ccc(NC(C)CO)nc3)cc2-c2nc3ccccc3[nH]2)cc1. The fraction of sp³-hybridized carbons (Fsp3) is 0.185. The Kier molecular flexibility index (Phi) is 6.82. The van der Waals surface area contributed by atoms with Crippen molar-refractivity contribution in [3.05, 3.63) is 84.1 Å². The third-order valence-corrected chi connectivity index (χ3v) is 5.84. The van der Waals surface area contributed by atoms with E-state index in [4.69, 9.17) is 9.72 Å². The summed E-state index contributed by atoms with van der Waals surface area (Å²) in [7, 11) is 1.63. The number of methoxy groups -OCH3 is 1. The summed E-state index contributed by atoms with van der Waals surface area (Å²) < 4.78 is 7.07. The smallest absolute Gasteiger partial charge is 0.258 e. The number of pyridine rings is 1. The second kappa shape index (κ2) is 10.5. The maximum Gasteiger partial charge on any atom is 0.258 e. The van der Waals surface area contributed by atoms with Crippen LogP contribution in [0.15, 0.2) is 72.9 Å². The molecule has 0 saturated heterocycles. The van der Waals surface area contributed by atoms with Gasteiger partial charge in [0.1, 0.15) is 17.3 Å². The highest BCUT2D eigenvalue weighted by Gasteiger charge is 2.17. The van der Waals surface area contributed by atoms with Crippen LogP contribution >= 0.6 is 0 Å². The highest BCUT2D eigenvalue weighted by atomic mass is 16.5. The highest BCUT2D eigenvalue weighted by molar-refractivity contribution is 6.03. The van der Waals surface area contributed by atoms with Crippen molar-refractivity contribution in [3.63, 3.8) is 0 Å². The van der Waals surface area contributed by atoms with Crippen LogP contribution < -0.4 is 15.4 Å². The Labute approximate surface area is 213 Å². The van der Waals surface area contributed by atoms with Gasteiger partial charge in [-0.3, -0.25) is 9.48 Å². The molecule has 10 nitrogen and oxygen atoms in total. The quantitative estimate of drug-likeness (QED) is 0.243. The van der Waals surface area contributed by atoms with Gasteiger partial charge in [0.05, 0.1) is 36.9 Å². The molecule has 0 aliphatic carbocycles. The molecule has 0 spiro atoms. The van der Waals surface area contributed by atoms with Gasteiger partial charge in [0.15, 0.2) is 11.6 Å². The Hall–Kier alpha value is -4.70. The van der Waals surface area contributed by atoms with Crippen molar-refractivity contribution in [1.29, 1.82) is 0 Å². The Morgan fingerprint density at radius 1 is 1.11 bits per heavy atom. The number of imidazole rings is 1. The average Bonchev–Trinajstić information content (AvgIpc) is 3.53. The maximum atomic E-state index is 12.9. The average molecular weight is 498 g/mol. The van der Waals surface area contributed by atoms with Crippen molar-refractivity contribution in [2.75, 3.05) is 24.4 Å². The van der Waals surface area contributed by atoms with E-state index < -0.39 is 0 Å². The second-order valence-corrected chi connectivity index (χ2v) is 8.64. The molecule has 2 aromatic carbocycles. The fourth-order valence-corrected chi connectivity index (χ4v) is 3.87. The first kappa shape index (κ1) is 24.0. The molecule has 0 fully saturated rings. The van der Waals surface area contributed by atoms with Crippen LogP contribution in [0.1, 0.15) is 22.8 Å². The number of hydrogen-bond donors (Lipinski definition) is 4. The first-order chi connectivity index (χ1) is 18.0. The summed E-state index contributed by atoms with van der Waals surface area (Å²) in [6.07, 6.45) is 1.48. The molecule has 10 heteroatoms. The minimum atomic E-state index is -0.334. The number of aliphatic hydroxyl groups excluding tert-OH is 1. The summed E-state index contributed by atoms with van der Waals surface area (Å²) in [5.74, 6) is 2.06. The number of carbonyl (C=O) groups is 1. The number of fused-ring (bicyclic) bond motifs is 1. The van der Waals surface area contributed by atoms with Gasteiger partial charge < -0.3 is 25.5 Å². The van der Waals surface area contributed by atoms with Gasteiger partial charge in [-0.25, -0.2) is 9.97 Å². The van der Waals surface area contributed by atoms with Crippen molar-refractivity contribution >= 4 is 28.6 Å². The molecule has 0 aliphatic heterocycles. The molecule has 3 heterocycles. The van der Waals surface area contributed by atoms with Crippen LogP contribution in [0.4, 0.5) is 11.6 Å². The Morgan fingerprint density at radius 2 is 1.92 bits per heavy atom. The standard InChI is InChI=1S/C27H27N7O3/c1-17(16-35)29-24-12-9-19(14-28-24)27(36)32-25-13-23(26-30-21-5-3-4-6-22(21)31-26)34(33-25)15-18-7-10-20(37-2)11-8-18/h3-14,17,35H,15-16H2,1-2H3,(H,28,29)(H,30,31)(H,32,33,36). The Balaban J connectivity index is 1.42. The molecule has 4 N–H and O–H groups in total. The minimum absolute atomic E-state index is 0.0172. The molecule has 0 radical (unpaired) electrons. The molecule has 1 amide bonds. The first-order valence-corrected chi connectivity index (χ1v) is 11.8. The van der Waals surface area contributed by atoms with Gasteiger partial charge >= 0.3 is 0 Å². The molecule has 0 bridgehead atoms. The normalized spacial score (nSPS) is 11.9. The molecule has 5 aromatic rings. The van der Waals surface area contributed by atoms with Gasteiger partial charge in [-0.2, -0.15) is 5.10 Å². The molecule has 5 rings (SSSR count). The summed E-state index contributed by atoms with van der Waals surface area (Å²) in [4.78, 5) is 25.3. The molecule has 188 valence electrons. The van der Waals surface area contributed by atoms with E-state index in [1.54, 1.807) is 30.0 Å². The minimum Gasteiger partial charge on any atom is -0.497 e. The molecular formula is C27H27N7O3. The lowest BCUT2D eigenvalue weighted by atomic mass is 10.2. The van der Waals surface area contributed by atoms with Crippen molar-refractivity contribution < 1.29 is 14.6 Å². The van der Waals surface area contributed by atoms with Crippen molar-refractivity contribution in [2.24, 2.45) is 0 Å². The van der Waals surface area contributed by atoms with Crippen molar-refractivity contribution in [2.45, 2.75) is 19.5 Å². The van der Waals surface area contributed by atoms with Crippen LogP contribution in [0.5, 0.6) is 5.75 Å². The zero-order chi connectivity index (χ0) is 25.8. The number of carbonyl (C=O) groups excluding carboxylic acids is 1. The number of hydrogen-bond acceptors (Lipinski definition) is 7. The number of anilines is 2. The molecule has 1 unspecified atom stereocenters. The summed E-state index contributed by atoms with van der Waals surface area (Å²) in [6.45, 7) is 2.29. The monoisotopic (exact) mass is 497 g/mol. The van der Waals surface area contributed by atoms with E-state index in [9.17, 15) is 9.90 Å². The summed E-state index contributed by atoms with van der Waals surface area (Å²) in [5, 5.41) is 19.8. The van der Waals surface area contributed by atoms with E-state index in [1.807, 2.05) is 55.5 Å². The van der Waals surface area contributed by atoms with Crippen molar-refractivity contribution in [3.8, 4) is 17.3 Å². The lowest BCUT2D eigenvalue weighted by Crippen LogP contribution is -2.20. The van der Waals surface area contributed by atoms with E-state index in [-0.39, 0.29) is 18.6 Å². The predicted octanol–water partition coefficient (Wildman–Crippen LogP) is 3.92. The lowest BCUT2D eigenvalue weighted by Gasteiger charge is -2.11. The fourth-order valence-electron chi connectivity index (χ4n) is 3.87. The van der Waals surface area contributed by atoms with Crippen LogP contribution in [0.2, 0.25) is 0 Å². The van der Waals surface area contributed by atoms with E-state index in [2.05, 4.69) is 25.7 Å². The summed E-state index contributed by atoms with van der Waals surface area (Å²) in [6, 6.07) is 20.6. The number of para-hydroxylation sites is 2. The van der Waals surface area contributed by atoms with Crippen LogP contribution in [0.3, 0.4) is 0 Å².